The van der Waals surface area contributed by atoms with Crippen molar-refractivity contribution >= 4 is 86.3 Å². The van der Waals surface area contributed by atoms with Gasteiger partial charge in [-0.25, -0.2) is 33.1 Å². The van der Waals surface area contributed by atoms with Crippen molar-refractivity contribution in [2.45, 2.75) is 180 Å². The highest BCUT2D eigenvalue weighted by molar-refractivity contribution is 9.10. The first kappa shape index (κ1) is 81.7. The Labute approximate surface area is 624 Å². The number of benzene rings is 4. The first-order valence-electron chi connectivity index (χ1n) is 34.0. The summed E-state index contributed by atoms with van der Waals surface area (Å²) in [5.41, 5.74) is 18.0. The van der Waals surface area contributed by atoms with Gasteiger partial charge in [0.15, 0.2) is 0 Å². The summed E-state index contributed by atoms with van der Waals surface area (Å²) in [6, 6.07) is 29.7. The first-order chi connectivity index (χ1) is 47.3. The van der Waals surface area contributed by atoms with E-state index in [2.05, 4.69) is 157 Å². The third-order valence-electron chi connectivity index (χ3n) is 18.8. The average molecular weight is 1520 g/mol. The molecule has 3 aliphatic heterocycles. The Morgan fingerprint density at radius 3 is 1.45 bits per heavy atom. The number of aromatic amines is 2. The molecule has 0 spiro atoms. The standard InChI is InChI=1S/C32H33ClFN5.C24H24ClFN4.C9H17BO2.C8H10FN.C5H3BrFN.2CH4.ClH/c1-5-20-8-7-9-21(6-2)31(20)39-32(29-23-12-14-35-30(23)25(33)16-26(29)34)24-18-38(15-13-27(24)37-39)28-11-10-22(17-36-28)19(3)4;1-3-14-6-5-7-15(4-2)23(14)30-24(17-13-27-10-9-20(17)29-30)21-16-8-11-28-22(16)18(25)12-19(21)26;1-7(2)10-11-8(3,4)9(5,6)12-10;1-6(2)7-3-4-8(9)10-5-7;6-4-1-2-5(7)8-3-4;;;/h7-12,14,16-17,19,35H,5-6,13,15,18H2,1-4H3;5-8,11-12,27-28H,3-4,9-10,13H2,1-2H3;1H2,2-6H3;3-6H,1-2H3;1-3H;2*1H4;1H. The number of nitrogens with one attached hydrogen (secondary N) is 3. The lowest BCUT2D eigenvalue weighted by molar-refractivity contribution is 0.00578. The van der Waals surface area contributed by atoms with Crippen LogP contribution in [0.3, 0.4) is 0 Å². The minimum atomic E-state index is -0.451. The van der Waals surface area contributed by atoms with E-state index in [-0.39, 0.29) is 57.2 Å². The molecule has 7 aromatic heterocycles. The summed E-state index contributed by atoms with van der Waals surface area (Å²) in [6.45, 7) is 33.9. The number of anilines is 1. The van der Waals surface area contributed by atoms with Gasteiger partial charge in [-0.3, -0.25) is 0 Å². The monoisotopic (exact) mass is 1510 g/mol. The fourth-order valence-electron chi connectivity index (χ4n) is 12.5. The molecule has 10 heterocycles. The molecule has 3 N–H and O–H groups in total. The number of pyridine rings is 3. The van der Waals surface area contributed by atoms with Crippen LogP contribution < -0.4 is 10.2 Å². The van der Waals surface area contributed by atoms with Gasteiger partial charge in [-0.15, -0.1) is 19.0 Å². The van der Waals surface area contributed by atoms with Crippen molar-refractivity contribution in [1.29, 1.82) is 0 Å². The van der Waals surface area contributed by atoms with Gasteiger partial charge in [0.25, 0.3) is 0 Å². The van der Waals surface area contributed by atoms with Crippen molar-refractivity contribution in [2.75, 3.05) is 18.0 Å². The molecule has 11 aromatic rings. The topological polar surface area (TPSA) is 140 Å². The van der Waals surface area contributed by atoms with E-state index >= 15 is 8.78 Å². The van der Waals surface area contributed by atoms with Crippen LogP contribution in [0.25, 0.3) is 55.7 Å². The molecule has 0 bridgehead atoms. The Balaban J connectivity index is 0.000000202. The zero-order valence-corrected chi connectivity index (χ0v) is 63.0. The fourth-order valence-corrected chi connectivity index (χ4v) is 13.3. The number of hydrogen-bond acceptors (Lipinski definition) is 9. The quantitative estimate of drug-likeness (QED) is 0.0620. The van der Waals surface area contributed by atoms with Crippen molar-refractivity contribution in [3.63, 3.8) is 0 Å². The van der Waals surface area contributed by atoms with E-state index in [1.54, 1.807) is 18.3 Å². The number of aromatic nitrogens is 9. The molecule has 102 heavy (non-hydrogen) atoms. The Hall–Kier alpha value is -7.62. The first-order valence-corrected chi connectivity index (χ1v) is 35.5. The minimum absolute atomic E-state index is 0. The van der Waals surface area contributed by atoms with Crippen LogP contribution in [0.5, 0.6) is 0 Å². The highest BCUT2D eigenvalue weighted by atomic mass is 79.9. The molecule has 0 saturated carbocycles. The van der Waals surface area contributed by atoms with Gasteiger partial charge >= 0.3 is 7.12 Å². The second-order valence-electron chi connectivity index (χ2n) is 26.6. The van der Waals surface area contributed by atoms with Crippen molar-refractivity contribution < 1.29 is 26.9 Å². The number of H-pyrrole nitrogens is 2. The third kappa shape index (κ3) is 17.6. The molecule has 4 aromatic carbocycles. The Bertz CT molecular complexity index is 4570. The maximum absolute atomic E-state index is 16.0. The molecule has 0 unspecified atom stereocenters. The number of allylic oxidation sites excluding steroid dienone is 1. The zero-order valence-electron chi connectivity index (χ0n) is 59.1. The number of para-hydroxylation sites is 2. The zero-order chi connectivity index (χ0) is 71.2. The predicted octanol–water partition coefficient (Wildman–Crippen LogP) is 21.8. The van der Waals surface area contributed by atoms with Gasteiger partial charge in [-0.1, -0.05) is 147 Å². The van der Waals surface area contributed by atoms with Crippen LogP contribution >= 0.6 is 51.5 Å². The number of nitrogens with zero attached hydrogens (tertiary/aromatic N) is 8. The number of hydrogen-bond donors (Lipinski definition) is 3. The number of fused-ring (bicyclic) bond motifs is 4. The summed E-state index contributed by atoms with van der Waals surface area (Å²) >= 11 is 15.9. The molecule has 0 radical (unpaired) electrons. The average Bonchev–Trinajstić information content (AvgIpc) is 1.55. The smallest absolute Gasteiger partial charge is 0.400 e. The minimum Gasteiger partial charge on any atom is -0.400 e. The van der Waals surface area contributed by atoms with E-state index in [0.29, 0.717) is 46.1 Å². The van der Waals surface area contributed by atoms with Crippen molar-refractivity contribution in [2.24, 2.45) is 0 Å². The van der Waals surface area contributed by atoms with Crippen LogP contribution in [0.1, 0.15) is 173 Å². The van der Waals surface area contributed by atoms with E-state index in [9.17, 15) is 8.78 Å². The SMILES string of the molecule is C.C.C=C(C)B1OC(C)(C)C(C)(C)O1.CC(C)c1ccc(F)nc1.CCc1cccc(CC)c1-n1nc2c(c1-c1c(F)cc(Cl)c3[nH]ccc13)CN(c1ccc(C(C)C)cn1)CC2.CCc1cccc(CC)c1-n1nc2c(c1-c1c(F)cc(Cl)c3[nH]ccc13)CNCC2.Cl.Fc1ccc(Br)cn1. The normalized spacial score (nSPS) is 14.0. The van der Waals surface area contributed by atoms with Crippen molar-refractivity contribution in [1.82, 2.24) is 49.8 Å². The molecule has 1 saturated heterocycles. The van der Waals surface area contributed by atoms with Gasteiger partial charge in [0, 0.05) is 108 Å². The summed E-state index contributed by atoms with van der Waals surface area (Å²) in [7, 11) is -0.241. The summed E-state index contributed by atoms with van der Waals surface area (Å²) in [6.07, 6.45) is 13.6. The lowest BCUT2D eigenvalue weighted by Gasteiger charge is -2.32. The predicted molar refractivity (Wildman–Crippen MR) is 419 cm³/mol. The van der Waals surface area contributed by atoms with Crippen LogP contribution in [-0.4, -0.2) is 75.9 Å². The molecule has 0 atom stereocenters. The van der Waals surface area contributed by atoms with E-state index < -0.39 is 11.9 Å². The van der Waals surface area contributed by atoms with Crippen LogP contribution in [0.4, 0.5) is 23.4 Å². The molecule has 542 valence electrons. The van der Waals surface area contributed by atoms with Crippen LogP contribution in [0, 0.1) is 23.5 Å². The highest BCUT2D eigenvalue weighted by Gasteiger charge is 2.51. The van der Waals surface area contributed by atoms with Crippen LogP contribution in [0.15, 0.2) is 145 Å². The van der Waals surface area contributed by atoms with Crippen LogP contribution in [-0.2, 0) is 60.9 Å². The second kappa shape index (κ2) is 35.2. The Kier molecular flexibility index (Phi) is 28.2. The number of aryl methyl sites for hydroxylation is 4. The molecule has 13 nitrogen and oxygen atoms in total. The lowest BCUT2D eigenvalue weighted by Crippen LogP contribution is -2.41. The Morgan fingerprint density at radius 1 is 0.618 bits per heavy atom. The summed E-state index contributed by atoms with van der Waals surface area (Å²) < 4.78 is 71.9. The molecule has 14 rings (SSSR count). The second-order valence-corrected chi connectivity index (χ2v) is 28.3. The number of rotatable bonds is 12. The van der Waals surface area contributed by atoms with E-state index in [4.69, 9.17) is 47.7 Å². The lowest BCUT2D eigenvalue weighted by atomic mass is 9.81. The molecule has 1 fully saturated rings. The molecule has 22 heteroatoms. The summed E-state index contributed by atoms with van der Waals surface area (Å²) in [5.74, 6) is 0.238. The van der Waals surface area contributed by atoms with E-state index in [1.165, 1.54) is 58.3 Å². The molecular weight excluding hydrogens is 1420 g/mol. The van der Waals surface area contributed by atoms with Crippen molar-refractivity contribution in [3.05, 3.63) is 234 Å². The Morgan fingerprint density at radius 2 is 1.06 bits per heavy atom. The fraction of sp³-hybridized carbons (Fsp3) is 0.362. The van der Waals surface area contributed by atoms with Gasteiger partial charge in [-0.05, 0) is 170 Å². The highest BCUT2D eigenvalue weighted by Crippen LogP contribution is 2.44. The van der Waals surface area contributed by atoms with E-state index in [0.717, 1.165) is 140 Å². The van der Waals surface area contributed by atoms with Gasteiger partial charge in [0.1, 0.15) is 17.5 Å². The van der Waals surface area contributed by atoms with Crippen LogP contribution in [0.2, 0.25) is 10.0 Å². The van der Waals surface area contributed by atoms with Gasteiger partial charge in [-0.2, -0.15) is 19.0 Å². The summed E-state index contributed by atoms with van der Waals surface area (Å²) in [5, 5.41) is 16.0. The maximum atomic E-state index is 16.0. The van der Waals surface area contributed by atoms with Gasteiger partial charge in [0.05, 0.1) is 66.4 Å². The molecule has 0 amide bonds. The molecule has 0 aliphatic carbocycles. The maximum Gasteiger partial charge on any atom is 0.489 e. The molecular formula is C80H96BBrCl3F4N11O2. The largest absolute Gasteiger partial charge is 0.489 e. The van der Waals surface area contributed by atoms with E-state index in [1.807, 2.05) is 74.7 Å². The number of halogens is 8. The molecule has 3 aliphatic rings. The van der Waals surface area contributed by atoms with Gasteiger partial charge in [0.2, 0.25) is 11.9 Å². The van der Waals surface area contributed by atoms with Crippen molar-refractivity contribution in [3.8, 4) is 33.9 Å². The summed E-state index contributed by atoms with van der Waals surface area (Å²) in [4.78, 5) is 20.3. The van der Waals surface area contributed by atoms with Gasteiger partial charge < -0.3 is 29.5 Å². The third-order valence-corrected chi connectivity index (χ3v) is 19.9.